The first-order valence-electron chi connectivity index (χ1n) is 6.28. The number of nitrogens with zero attached hydrogens (tertiary/aromatic N) is 1. The lowest BCUT2D eigenvalue weighted by Crippen LogP contribution is -2.47. The van der Waals surface area contributed by atoms with Gasteiger partial charge in [0.1, 0.15) is 11.6 Å². The monoisotopic (exact) mass is 253 g/mol. The molecular weight excluding hydrogens is 236 g/mol. The van der Waals surface area contributed by atoms with E-state index in [9.17, 15) is 13.6 Å². The minimum atomic E-state index is -0.787. The lowest BCUT2D eigenvalue weighted by molar-refractivity contribution is 0.0506. The molecule has 0 N–H and O–H groups in total. The second-order valence-corrected chi connectivity index (χ2v) is 4.97. The highest BCUT2D eigenvalue weighted by Gasteiger charge is 2.30. The van der Waals surface area contributed by atoms with E-state index in [1.807, 2.05) is 13.8 Å². The molecule has 2 atom stereocenters. The quantitative estimate of drug-likeness (QED) is 0.751. The normalized spacial score (nSPS) is 24.1. The summed E-state index contributed by atoms with van der Waals surface area (Å²) < 4.78 is 26.5. The van der Waals surface area contributed by atoms with Crippen molar-refractivity contribution in [1.29, 1.82) is 0 Å². The van der Waals surface area contributed by atoms with E-state index < -0.39 is 11.6 Å². The fourth-order valence-corrected chi connectivity index (χ4v) is 2.62. The molecule has 0 saturated carbocycles. The van der Waals surface area contributed by atoms with Crippen molar-refractivity contribution in [2.75, 3.05) is 0 Å². The third-order valence-corrected chi connectivity index (χ3v) is 3.59. The van der Waals surface area contributed by atoms with Crippen LogP contribution >= 0.6 is 0 Å². The maximum absolute atomic E-state index is 13.6. The van der Waals surface area contributed by atoms with Crippen molar-refractivity contribution < 1.29 is 13.6 Å². The van der Waals surface area contributed by atoms with Gasteiger partial charge in [0.05, 0.1) is 5.56 Å². The molecule has 0 aromatic heterocycles. The van der Waals surface area contributed by atoms with Crippen molar-refractivity contribution in [1.82, 2.24) is 4.90 Å². The molecule has 1 aliphatic rings. The maximum Gasteiger partial charge on any atom is 0.257 e. The Hall–Kier alpha value is -1.45. The Morgan fingerprint density at radius 3 is 2.39 bits per heavy atom. The largest absolute Gasteiger partial charge is 0.333 e. The molecule has 98 valence electrons. The predicted octanol–water partition coefficient (Wildman–Crippen LogP) is 3.37. The van der Waals surface area contributed by atoms with Gasteiger partial charge < -0.3 is 4.90 Å². The molecule has 1 fully saturated rings. The maximum atomic E-state index is 13.6. The van der Waals surface area contributed by atoms with Gasteiger partial charge in [0, 0.05) is 18.2 Å². The van der Waals surface area contributed by atoms with E-state index in [0.717, 1.165) is 31.4 Å². The van der Waals surface area contributed by atoms with Crippen LogP contribution in [0.4, 0.5) is 8.78 Å². The Balaban J connectivity index is 2.29. The zero-order chi connectivity index (χ0) is 13.3. The lowest BCUT2D eigenvalue weighted by atomic mass is 9.96. The van der Waals surface area contributed by atoms with E-state index in [2.05, 4.69) is 0 Å². The standard InChI is InChI=1S/C14H17F2NO/c1-9-4-3-5-10(2)17(9)14(18)12-7-6-11(15)8-13(12)16/h6-10H,3-5H2,1-2H3/t9-,10+. The van der Waals surface area contributed by atoms with Gasteiger partial charge in [-0.15, -0.1) is 0 Å². The van der Waals surface area contributed by atoms with Gasteiger partial charge >= 0.3 is 0 Å². The molecule has 0 aliphatic carbocycles. The summed E-state index contributed by atoms with van der Waals surface area (Å²) in [6.45, 7) is 3.93. The molecule has 1 heterocycles. The predicted molar refractivity (Wildman–Crippen MR) is 65.3 cm³/mol. The van der Waals surface area contributed by atoms with Crippen molar-refractivity contribution in [2.24, 2.45) is 0 Å². The second kappa shape index (κ2) is 5.04. The van der Waals surface area contributed by atoms with E-state index in [1.54, 1.807) is 4.90 Å². The molecule has 2 nitrogen and oxygen atoms in total. The van der Waals surface area contributed by atoms with Gasteiger partial charge in [-0.25, -0.2) is 8.78 Å². The summed E-state index contributed by atoms with van der Waals surface area (Å²) in [5, 5.41) is 0. The van der Waals surface area contributed by atoms with E-state index in [4.69, 9.17) is 0 Å². The zero-order valence-corrected chi connectivity index (χ0v) is 10.6. The summed E-state index contributed by atoms with van der Waals surface area (Å²) >= 11 is 0. The molecule has 1 aliphatic heterocycles. The SMILES string of the molecule is C[C@@H]1CCC[C@H](C)N1C(=O)c1ccc(F)cc1F. The molecule has 1 amide bonds. The van der Waals surface area contributed by atoms with Crippen LogP contribution in [0.3, 0.4) is 0 Å². The molecule has 4 heteroatoms. The summed E-state index contributed by atoms with van der Waals surface area (Å²) in [6.07, 6.45) is 2.94. The number of halogens is 2. The number of piperidine rings is 1. The van der Waals surface area contributed by atoms with Crippen LogP contribution in [0.25, 0.3) is 0 Å². The summed E-state index contributed by atoms with van der Waals surface area (Å²) in [4.78, 5) is 14.0. The highest BCUT2D eigenvalue weighted by molar-refractivity contribution is 5.95. The Morgan fingerprint density at radius 2 is 1.83 bits per heavy atom. The van der Waals surface area contributed by atoms with Crippen molar-refractivity contribution >= 4 is 5.91 Å². The number of amides is 1. The number of rotatable bonds is 1. The molecule has 0 radical (unpaired) electrons. The number of likely N-dealkylation sites (tertiary alicyclic amines) is 1. The van der Waals surface area contributed by atoms with Crippen molar-refractivity contribution in [3.05, 3.63) is 35.4 Å². The van der Waals surface area contributed by atoms with Gasteiger partial charge in [-0.1, -0.05) is 0 Å². The fourth-order valence-electron chi connectivity index (χ4n) is 2.62. The van der Waals surface area contributed by atoms with Crippen LogP contribution in [0.15, 0.2) is 18.2 Å². The first-order valence-corrected chi connectivity index (χ1v) is 6.28. The van der Waals surface area contributed by atoms with Gasteiger partial charge in [0.2, 0.25) is 0 Å². The molecule has 0 spiro atoms. The smallest absolute Gasteiger partial charge is 0.257 e. The van der Waals surface area contributed by atoms with E-state index in [0.29, 0.717) is 0 Å². The minimum absolute atomic E-state index is 0.0444. The molecule has 1 aromatic rings. The fraction of sp³-hybridized carbons (Fsp3) is 0.500. The highest BCUT2D eigenvalue weighted by Crippen LogP contribution is 2.25. The summed E-state index contributed by atoms with van der Waals surface area (Å²) in [5.74, 6) is -1.79. The van der Waals surface area contributed by atoms with E-state index in [1.165, 1.54) is 6.07 Å². The topological polar surface area (TPSA) is 20.3 Å². The first-order chi connectivity index (χ1) is 8.50. The van der Waals surface area contributed by atoms with Crippen LogP contribution in [0.2, 0.25) is 0 Å². The van der Waals surface area contributed by atoms with Crippen LogP contribution in [-0.2, 0) is 0 Å². The third kappa shape index (κ3) is 2.37. The van der Waals surface area contributed by atoms with Crippen LogP contribution < -0.4 is 0 Å². The molecule has 1 aromatic carbocycles. The average Bonchev–Trinajstić information content (AvgIpc) is 2.28. The second-order valence-electron chi connectivity index (χ2n) is 4.97. The Labute approximate surface area is 106 Å². The number of carbonyl (C=O) groups excluding carboxylic acids is 1. The zero-order valence-electron chi connectivity index (χ0n) is 10.6. The van der Waals surface area contributed by atoms with Crippen molar-refractivity contribution in [3.63, 3.8) is 0 Å². The molecule has 18 heavy (non-hydrogen) atoms. The van der Waals surface area contributed by atoms with E-state index >= 15 is 0 Å². The van der Waals surface area contributed by atoms with Crippen molar-refractivity contribution in [3.8, 4) is 0 Å². The number of benzene rings is 1. The number of hydrogen-bond acceptors (Lipinski definition) is 1. The number of hydrogen-bond donors (Lipinski definition) is 0. The molecule has 1 saturated heterocycles. The Bertz CT molecular complexity index is 451. The van der Waals surface area contributed by atoms with Gasteiger partial charge in [-0.2, -0.15) is 0 Å². The van der Waals surface area contributed by atoms with Crippen molar-refractivity contribution in [2.45, 2.75) is 45.2 Å². The number of carbonyl (C=O) groups is 1. The molecule has 2 rings (SSSR count). The molecule has 0 bridgehead atoms. The third-order valence-electron chi connectivity index (χ3n) is 3.59. The lowest BCUT2D eigenvalue weighted by Gasteiger charge is -2.39. The van der Waals surface area contributed by atoms with Crippen LogP contribution in [0.1, 0.15) is 43.5 Å². The Kier molecular flexibility index (Phi) is 3.64. The summed E-state index contributed by atoms with van der Waals surface area (Å²) in [7, 11) is 0. The molecular formula is C14H17F2NO. The summed E-state index contributed by atoms with van der Waals surface area (Å²) in [5.41, 5.74) is -0.0444. The first kappa shape index (κ1) is 13.0. The van der Waals surface area contributed by atoms with Gasteiger partial charge in [-0.05, 0) is 45.2 Å². The van der Waals surface area contributed by atoms with E-state index in [-0.39, 0.29) is 23.6 Å². The van der Waals surface area contributed by atoms with Crippen LogP contribution in [0.5, 0.6) is 0 Å². The Morgan fingerprint density at radius 1 is 1.22 bits per heavy atom. The summed E-state index contributed by atoms with van der Waals surface area (Å²) in [6, 6.07) is 3.31. The van der Waals surface area contributed by atoms with Gasteiger partial charge in [-0.3, -0.25) is 4.79 Å². The van der Waals surface area contributed by atoms with Crippen LogP contribution in [0, 0.1) is 11.6 Å². The molecule has 0 unspecified atom stereocenters. The van der Waals surface area contributed by atoms with Gasteiger partial charge in [0.25, 0.3) is 5.91 Å². The highest BCUT2D eigenvalue weighted by atomic mass is 19.1. The van der Waals surface area contributed by atoms with Crippen LogP contribution in [-0.4, -0.2) is 22.9 Å². The minimum Gasteiger partial charge on any atom is -0.333 e. The van der Waals surface area contributed by atoms with Gasteiger partial charge in [0.15, 0.2) is 0 Å². The average molecular weight is 253 g/mol.